The largest absolute Gasteiger partial charge is 0.354 e. The van der Waals surface area contributed by atoms with Gasteiger partial charge in [0.25, 0.3) is 0 Å². The van der Waals surface area contributed by atoms with Gasteiger partial charge in [0.1, 0.15) is 0 Å². The van der Waals surface area contributed by atoms with E-state index in [1.165, 1.54) is 0 Å². The van der Waals surface area contributed by atoms with Crippen molar-refractivity contribution in [2.45, 2.75) is 44.6 Å². The summed E-state index contributed by atoms with van der Waals surface area (Å²) in [5.41, 5.74) is 0. The lowest BCUT2D eigenvalue weighted by Gasteiger charge is -2.33. The SMILES string of the molecule is CSCCCC(=O)N1CCCC(CNC(=O)C2CCCN2)C1. The van der Waals surface area contributed by atoms with Crippen molar-refractivity contribution in [1.82, 2.24) is 15.5 Å². The molecule has 2 atom stereocenters. The van der Waals surface area contributed by atoms with Crippen LogP contribution in [0.1, 0.15) is 38.5 Å². The summed E-state index contributed by atoms with van der Waals surface area (Å²) in [6.45, 7) is 3.33. The highest BCUT2D eigenvalue weighted by molar-refractivity contribution is 7.98. The molecule has 0 aromatic carbocycles. The van der Waals surface area contributed by atoms with E-state index in [2.05, 4.69) is 16.9 Å². The van der Waals surface area contributed by atoms with Crippen molar-refractivity contribution in [3.63, 3.8) is 0 Å². The lowest BCUT2D eigenvalue weighted by atomic mass is 9.97. The van der Waals surface area contributed by atoms with Crippen LogP contribution >= 0.6 is 11.8 Å². The Morgan fingerprint density at radius 1 is 1.32 bits per heavy atom. The minimum absolute atomic E-state index is 0.00660. The second-order valence-corrected chi connectivity index (χ2v) is 7.32. The molecule has 0 bridgehead atoms. The molecule has 0 aromatic rings. The van der Waals surface area contributed by atoms with Crippen molar-refractivity contribution in [3.05, 3.63) is 0 Å². The van der Waals surface area contributed by atoms with E-state index < -0.39 is 0 Å². The van der Waals surface area contributed by atoms with Crippen LogP contribution in [0.2, 0.25) is 0 Å². The Bertz CT molecular complexity index is 372. The van der Waals surface area contributed by atoms with Crippen molar-refractivity contribution in [1.29, 1.82) is 0 Å². The van der Waals surface area contributed by atoms with Crippen LogP contribution in [0.15, 0.2) is 0 Å². The molecule has 0 aromatic heterocycles. The highest BCUT2D eigenvalue weighted by Crippen LogP contribution is 2.17. The molecule has 22 heavy (non-hydrogen) atoms. The molecule has 2 fully saturated rings. The highest BCUT2D eigenvalue weighted by Gasteiger charge is 2.26. The first-order valence-electron chi connectivity index (χ1n) is 8.48. The lowest BCUT2D eigenvalue weighted by molar-refractivity contribution is -0.133. The summed E-state index contributed by atoms with van der Waals surface area (Å²) >= 11 is 1.79. The van der Waals surface area contributed by atoms with Gasteiger partial charge in [0.05, 0.1) is 6.04 Å². The number of hydrogen-bond donors (Lipinski definition) is 2. The van der Waals surface area contributed by atoms with Crippen LogP contribution in [-0.2, 0) is 9.59 Å². The second kappa shape index (κ2) is 9.40. The van der Waals surface area contributed by atoms with Gasteiger partial charge in [-0.3, -0.25) is 9.59 Å². The van der Waals surface area contributed by atoms with Crippen LogP contribution in [-0.4, -0.2) is 60.9 Å². The Morgan fingerprint density at radius 3 is 2.91 bits per heavy atom. The predicted octanol–water partition coefficient (Wildman–Crippen LogP) is 1.24. The molecular formula is C16H29N3O2S. The van der Waals surface area contributed by atoms with Crippen LogP contribution in [0.3, 0.4) is 0 Å². The van der Waals surface area contributed by atoms with Gasteiger partial charge >= 0.3 is 0 Å². The van der Waals surface area contributed by atoms with Gasteiger partial charge in [-0.1, -0.05) is 0 Å². The number of thioether (sulfide) groups is 1. The summed E-state index contributed by atoms with van der Waals surface area (Å²) < 4.78 is 0. The first kappa shape index (κ1) is 17.6. The Morgan fingerprint density at radius 2 is 2.18 bits per heavy atom. The van der Waals surface area contributed by atoms with E-state index in [1.54, 1.807) is 11.8 Å². The van der Waals surface area contributed by atoms with Crippen LogP contribution in [0.4, 0.5) is 0 Å². The maximum atomic E-state index is 12.2. The van der Waals surface area contributed by atoms with E-state index in [9.17, 15) is 9.59 Å². The Hall–Kier alpha value is -0.750. The second-order valence-electron chi connectivity index (χ2n) is 6.34. The molecule has 0 radical (unpaired) electrons. The molecule has 126 valence electrons. The summed E-state index contributed by atoms with van der Waals surface area (Å²) in [5.74, 6) is 1.86. The Balaban J connectivity index is 1.68. The van der Waals surface area contributed by atoms with Gasteiger partial charge in [0.15, 0.2) is 0 Å². The lowest BCUT2D eigenvalue weighted by Crippen LogP contribution is -2.46. The molecule has 0 aliphatic carbocycles. The summed E-state index contributed by atoms with van der Waals surface area (Å²) in [6.07, 6.45) is 7.88. The third-order valence-electron chi connectivity index (χ3n) is 4.55. The normalized spacial score (nSPS) is 25.2. The zero-order valence-electron chi connectivity index (χ0n) is 13.6. The van der Waals surface area contributed by atoms with Crippen LogP contribution in [0, 0.1) is 5.92 Å². The molecule has 2 rings (SSSR count). The molecule has 6 heteroatoms. The number of rotatable bonds is 7. The minimum atomic E-state index is -0.00660. The minimum Gasteiger partial charge on any atom is -0.354 e. The average molecular weight is 327 g/mol. The molecule has 0 saturated carbocycles. The molecule has 5 nitrogen and oxygen atoms in total. The number of nitrogens with one attached hydrogen (secondary N) is 2. The van der Waals surface area contributed by atoms with Crippen LogP contribution < -0.4 is 10.6 Å². The standard InChI is InChI=1S/C16H29N3O2S/c1-22-10-4-7-15(20)19-9-3-5-13(12-19)11-18-16(21)14-6-2-8-17-14/h13-14,17H,2-12H2,1H3,(H,18,21). The molecule has 2 heterocycles. The number of carbonyl (C=O) groups excluding carboxylic acids is 2. The molecule has 0 spiro atoms. The van der Waals surface area contributed by atoms with Crippen molar-refractivity contribution in [2.75, 3.05) is 38.2 Å². The van der Waals surface area contributed by atoms with Gasteiger partial charge in [-0.25, -0.2) is 0 Å². The highest BCUT2D eigenvalue weighted by atomic mass is 32.2. The van der Waals surface area contributed by atoms with E-state index in [4.69, 9.17) is 0 Å². The van der Waals surface area contributed by atoms with Gasteiger partial charge < -0.3 is 15.5 Å². The van der Waals surface area contributed by atoms with E-state index in [0.717, 1.165) is 57.5 Å². The quantitative estimate of drug-likeness (QED) is 0.691. The van der Waals surface area contributed by atoms with Crippen molar-refractivity contribution < 1.29 is 9.59 Å². The van der Waals surface area contributed by atoms with Gasteiger partial charge in [0.2, 0.25) is 11.8 Å². The summed E-state index contributed by atoms with van der Waals surface area (Å²) in [7, 11) is 0. The summed E-state index contributed by atoms with van der Waals surface area (Å²) in [4.78, 5) is 26.2. The molecule has 2 amide bonds. The average Bonchev–Trinajstić information content (AvgIpc) is 3.07. The first-order valence-corrected chi connectivity index (χ1v) is 9.88. The fourth-order valence-corrected chi connectivity index (χ4v) is 3.69. The molecule has 2 unspecified atom stereocenters. The number of carbonyl (C=O) groups is 2. The van der Waals surface area contributed by atoms with Crippen molar-refractivity contribution in [2.24, 2.45) is 5.92 Å². The maximum absolute atomic E-state index is 12.2. The molecule has 2 aliphatic heterocycles. The van der Waals surface area contributed by atoms with Gasteiger partial charge in [-0.2, -0.15) is 11.8 Å². The topological polar surface area (TPSA) is 61.4 Å². The van der Waals surface area contributed by atoms with Crippen molar-refractivity contribution in [3.8, 4) is 0 Å². The first-order chi connectivity index (χ1) is 10.7. The van der Waals surface area contributed by atoms with Gasteiger partial charge in [-0.15, -0.1) is 0 Å². The molecular weight excluding hydrogens is 298 g/mol. The number of nitrogens with zero attached hydrogens (tertiary/aromatic N) is 1. The Labute approximate surface area is 138 Å². The van der Waals surface area contributed by atoms with Crippen LogP contribution in [0.5, 0.6) is 0 Å². The Kier molecular flexibility index (Phi) is 7.52. The number of piperidine rings is 1. The predicted molar refractivity (Wildman–Crippen MR) is 91.0 cm³/mol. The van der Waals surface area contributed by atoms with E-state index >= 15 is 0 Å². The number of likely N-dealkylation sites (tertiary alicyclic amines) is 1. The maximum Gasteiger partial charge on any atom is 0.237 e. The zero-order valence-corrected chi connectivity index (χ0v) is 14.4. The van der Waals surface area contributed by atoms with Gasteiger partial charge in [-0.05, 0) is 56.6 Å². The molecule has 2 N–H and O–H groups in total. The number of amides is 2. The fourth-order valence-electron chi connectivity index (χ4n) is 3.26. The fraction of sp³-hybridized carbons (Fsp3) is 0.875. The summed E-state index contributed by atoms with van der Waals surface area (Å²) in [6, 6.07) is -0.00660. The summed E-state index contributed by atoms with van der Waals surface area (Å²) in [5, 5.41) is 6.28. The number of hydrogen-bond acceptors (Lipinski definition) is 4. The van der Waals surface area contributed by atoms with Crippen LogP contribution in [0.25, 0.3) is 0 Å². The van der Waals surface area contributed by atoms with E-state index in [0.29, 0.717) is 18.9 Å². The zero-order chi connectivity index (χ0) is 15.8. The third kappa shape index (κ3) is 5.47. The van der Waals surface area contributed by atoms with Gasteiger partial charge in [0, 0.05) is 26.1 Å². The molecule has 2 aliphatic rings. The third-order valence-corrected chi connectivity index (χ3v) is 5.25. The smallest absolute Gasteiger partial charge is 0.237 e. The van der Waals surface area contributed by atoms with Crippen molar-refractivity contribution >= 4 is 23.6 Å². The van der Waals surface area contributed by atoms with E-state index in [-0.39, 0.29) is 17.9 Å². The monoisotopic (exact) mass is 327 g/mol. The van der Waals surface area contributed by atoms with E-state index in [1.807, 2.05) is 4.90 Å². The molecule has 2 saturated heterocycles.